The van der Waals surface area contributed by atoms with Crippen LogP contribution in [0.15, 0.2) is 53.1 Å². The van der Waals surface area contributed by atoms with Gasteiger partial charge in [-0.3, -0.25) is 29.4 Å². The molecule has 10 nitrogen and oxygen atoms in total. The summed E-state index contributed by atoms with van der Waals surface area (Å²) in [6.45, 7) is 1.58. The fourth-order valence-corrected chi connectivity index (χ4v) is 4.82. The maximum absolute atomic E-state index is 13.2. The number of hydrogen-bond acceptors (Lipinski definition) is 8. The highest BCUT2D eigenvalue weighted by molar-refractivity contribution is 6.25. The van der Waals surface area contributed by atoms with E-state index in [-0.39, 0.29) is 30.5 Å². The summed E-state index contributed by atoms with van der Waals surface area (Å²) in [4.78, 5) is 55.5. The number of ether oxygens (including phenoxy) is 1. The molecule has 0 saturated carbocycles. The minimum absolute atomic E-state index is 0.0691. The molecule has 182 valence electrons. The summed E-state index contributed by atoms with van der Waals surface area (Å²) in [6.07, 6.45) is 1.80. The van der Waals surface area contributed by atoms with Crippen LogP contribution in [-0.2, 0) is 20.9 Å². The zero-order valence-electron chi connectivity index (χ0n) is 19.2. The van der Waals surface area contributed by atoms with Crippen LogP contribution in [0, 0.1) is 0 Å². The van der Waals surface area contributed by atoms with Crippen molar-refractivity contribution in [3.05, 3.63) is 71.1 Å². The molecule has 0 spiro atoms. The number of amides is 4. The monoisotopic (exact) mass is 486 g/mol. The smallest absolute Gasteiger partial charge is 0.264 e. The van der Waals surface area contributed by atoms with Crippen LogP contribution in [0.2, 0.25) is 0 Å². The van der Waals surface area contributed by atoms with Gasteiger partial charge in [-0.15, -0.1) is 0 Å². The van der Waals surface area contributed by atoms with E-state index in [0.29, 0.717) is 36.5 Å². The van der Waals surface area contributed by atoms with Gasteiger partial charge in [-0.2, -0.15) is 0 Å². The van der Waals surface area contributed by atoms with Gasteiger partial charge in [0.05, 0.1) is 37.1 Å². The van der Waals surface area contributed by atoms with Gasteiger partial charge in [0.15, 0.2) is 0 Å². The molecule has 3 aliphatic rings. The SMILES string of the molecule is O=C1CCC(N2C(=O)c3cccc(NCc4cnc(-c5ccccc5C5COC5)o4)c3C2=O)C(=O)N1. The van der Waals surface area contributed by atoms with E-state index in [9.17, 15) is 19.2 Å². The van der Waals surface area contributed by atoms with E-state index in [1.165, 1.54) is 0 Å². The van der Waals surface area contributed by atoms with Crippen LogP contribution in [0.4, 0.5) is 5.69 Å². The first-order chi connectivity index (χ1) is 17.5. The van der Waals surface area contributed by atoms with Gasteiger partial charge in [0.1, 0.15) is 11.8 Å². The number of anilines is 1. The van der Waals surface area contributed by atoms with Gasteiger partial charge >= 0.3 is 0 Å². The van der Waals surface area contributed by atoms with Crippen molar-refractivity contribution in [2.24, 2.45) is 0 Å². The van der Waals surface area contributed by atoms with Crippen molar-refractivity contribution >= 4 is 29.3 Å². The molecule has 2 fully saturated rings. The molecule has 4 amide bonds. The lowest BCUT2D eigenvalue weighted by molar-refractivity contribution is -0.136. The summed E-state index contributed by atoms with van der Waals surface area (Å²) in [5.41, 5.74) is 2.90. The first kappa shape index (κ1) is 22.2. The van der Waals surface area contributed by atoms with Crippen molar-refractivity contribution in [3.8, 4) is 11.5 Å². The summed E-state index contributed by atoms with van der Waals surface area (Å²) < 4.78 is 11.3. The topological polar surface area (TPSA) is 131 Å². The Hall–Kier alpha value is -4.31. The summed E-state index contributed by atoms with van der Waals surface area (Å²) in [5.74, 6) is -0.793. The Bertz CT molecular complexity index is 1410. The summed E-state index contributed by atoms with van der Waals surface area (Å²) in [7, 11) is 0. The van der Waals surface area contributed by atoms with Gasteiger partial charge in [0.25, 0.3) is 11.8 Å². The molecule has 1 unspecified atom stereocenters. The molecule has 6 rings (SSSR count). The lowest BCUT2D eigenvalue weighted by Crippen LogP contribution is -2.54. The number of hydrogen-bond donors (Lipinski definition) is 2. The number of nitrogens with one attached hydrogen (secondary N) is 2. The Kier molecular flexibility index (Phi) is 5.37. The predicted octanol–water partition coefficient (Wildman–Crippen LogP) is 2.47. The Morgan fingerprint density at radius 2 is 1.81 bits per heavy atom. The van der Waals surface area contributed by atoms with Crippen LogP contribution < -0.4 is 10.6 Å². The quantitative estimate of drug-likeness (QED) is 0.508. The zero-order valence-corrected chi connectivity index (χ0v) is 19.2. The van der Waals surface area contributed by atoms with Gasteiger partial charge in [0.2, 0.25) is 17.7 Å². The molecule has 1 atom stereocenters. The van der Waals surface area contributed by atoms with Crippen molar-refractivity contribution in [2.45, 2.75) is 31.3 Å². The van der Waals surface area contributed by atoms with Gasteiger partial charge in [0, 0.05) is 23.6 Å². The van der Waals surface area contributed by atoms with Crippen LogP contribution in [0.1, 0.15) is 50.8 Å². The number of aromatic nitrogens is 1. The minimum atomic E-state index is -1.01. The largest absolute Gasteiger partial charge is 0.439 e. The zero-order chi connectivity index (χ0) is 24.8. The molecule has 1 aromatic heterocycles. The number of fused-ring (bicyclic) bond motifs is 1. The normalized spacial score (nSPS) is 19.8. The fraction of sp³-hybridized carbons (Fsp3) is 0.269. The molecule has 36 heavy (non-hydrogen) atoms. The van der Waals surface area contributed by atoms with Crippen LogP contribution in [0.5, 0.6) is 0 Å². The molecule has 0 aliphatic carbocycles. The minimum Gasteiger partial charge on any atom is -0.439 e. The molecule has 10 heteroatoms. The van der Waals surface area contributed by atoms with Crippen LogP contribution in [0.25, 0.3) is 11.5 Å². The molecule has 0 bridgehead atoms. The van der Waals surface area contributed by atoms with Crippen molar-refractivity contribution in [1.82, 2.24) is 15.2 Å². The first-order valence-electron chi connectivity index (χ1n) is 11.7. The average molecular weight is 486 g/mol. The van der Waals surface area contributed by atoms with Crippen LogP contribution >= 0.6 is 0 Å². The van der Waals surface area contributed by atoms with Crippen molar-refractivity contribution in [2.75, 3.05) is 18.5 Å². The molecule has 3 aliphatic heterocycles. The number of benzene rings is 2. The molecule has 4 heterocycles. The first-order valence-corrected chi connectivity index (χ1v) is 11.7. The fourth-order valence-electron chi connectivity index (χ4n) is 4.82. The van der Waals surface area contributed by atoms with E-state index in [1.54, 1.807) is 24.4 Å². The van der Waals surface area contributed by atoms with Gasteiger partial charge in [-0.1, -0.05) is 24.3 Å². The summed E-state index contributed by atoms with van der Waals surface area (Å²) in [6, 6.07) is 11.8. The molecule has 0 radical (unpaired) electrons. The van der Waals surface area contributed by atoms with Crippen molar-refractivity contribution in [1.29, 1.82) is 0 Å². The van der Waals surface area contributed by atoms with E-state index in [0.717, 1.165) is 16.0 Å². The third-order valence-corrected chi connectivity index (χ3v) is 6.74. The Morgan fingerprint density at radius 1 is 1.00 bits per heavy atom. The number of imide groups is 2. The third-order valence-electron chi connectivity index (χ3n) is 6.74. The predicted molar refractivity (Wildman–Crippen MR) is 126 cm³/mol. The average Bonchev–Trinajstić information content (AvgIpc) is 3.41. The maximum Gasteiger partial charge on any atom is 0.264 e. The van der Waals surface area contributed by atoms with Crippen LogP contribution in [-0.4, -0.2) is 52.8 Å². The second kappa shape index (κ2) is 8.72. The molecule has 2 N–H and O–H groups in total. The molecule has 2 aromatic carbocycles. The second-order valence-electron chi connectivity index (χ2n) is 8.98. The van der Waals surface area contributed by atoms with Crippen molar-refractivity contribution in [3.63, 3.8) is 0 Å². The van der Waals surface area contributed by atoms with E-state index < -0.39 is 29.7 Å². The number of piperidine rings is 1. The molecular weight excluding hydrogens is 464 g/mol. The van der Waals surface area contributed by atoms with Gasteiger partial charge in [-0.05, 0) is 30.2 Å². The standard InChI is InChI=1S/C26H22N4O6/c31-21-9-8-20(23(32)29-21)30-25(33)18-6-3-7-19(22(18)26(30)34)27-10-15-11-28-24(36-15)17-5-2-1-4-16(17)14-12-35-13-14/h1-7,11,14,20,27H,8-10,12-13H2,(H,29,31,32). The number of oxazole rings is 1. The number of carbonyl (C=O) groups excluding carboxylic acids is 4. The van der Waals surface area contributed by atoms with E-state index in [2.05, 4.69) is 21.7 Å². The highest BCUT2D eigenvalue weighted by Gasteiger charge is 2.45. The highest BCUT2D eigenvalue weighted by atomic mass is 16.5. The van der Waals surface area contributed by atoms with Crippen LogP contribution in [0.3, 0.4) is 0 Å². The Labute approximate surface area is 205 Å². The van der Waals surface area contributed by atoms with Gasteiger partial charge in [-0.25, -0.2) is 4.98 Å². The third kappa shape index (κ3) is 3.66. The molecular formula is C26H22N4O6. The number of nitrogens with zero attached hydrogens (tertiary/aromatic N) is 2. The van der Waals surface area contributed by atoms with Crippen molar-refractivity contribution < 1.29 is 28.3 Å². The van der Waals surface area contributed by atoms with E-state index in [1.807, 2.05) is 18.2 Å². The number of rotatable bonds is 6. The second-order valence-corrected chi connectivity index (χ2v) is 8.98. The highest BCUT2D eigenvalue weighted by Crippen LogP contribution is 2.34. The Balaban J connectivity index is 1.21. The Morgan fingerprint density at radius 3 is 2.58 bits per heavy atom. The lowest BCUT2D eigenvalue weighted by atomic mass is 9.93. The molecule has 3 aromatic rings. The van der Waals surface area contributed by atoms with Gasteiger partial charge < -0.3 is 14.5 Å². The van der Waals surface area contributed by atoms with E-state index in [4.69, 9.17) is 9.15 Å². The number of carbonyl (C=O) groups is 4. The summed E-state index contributed by atoms with van der Waals surface area (Å²) >= 11 is 0. The summed E-state index contributed by atoms with van der Waals surface area (Å²) in [5, 5.41) is 5.37. The maximum atomic E-state index is 13.2. The van der Waals surface area contributed by atoms with E-state index >= 15 is 0 Å². The molecule has 2 saturated heterocycles. The lowest BCUT2D eigenvalue weighted by Gasteiger charge is -2.27.